The highest BCUT2D eigenvalue weighted by atomic mass is 16.2. The van der Waals surface area contributed by atoms with Crippen LogP contribution in [0.15, 0.2) is 59.6 Å². The second kappa shape index (κ2) is 12.0. The van der Waals surface area contributed by atoms with Crippen LogP contribution in [-0.4, -0.2) is 41.9 Å². The Kier molecular flexibility index (Phi) is 8.83. The van der Waals surface area contributed by atoms with E-state index in [-0.39, 0.29) is 23.9 Å². The van der Waals surface area contributed by atoms with Crippen molar-refractivity contribution < 1.29 is 9.59 Å². The number of rotatable bonds is 12. The molecular formula is C25H34N6O2. The molecule has 1 aliphatic heterocycles. The van der Waals surface area contributed by atoms with Gasteiger partial charge in [0.25, 0.3) is 5.91 Å². The van der Waals surface area contributed by atoms with Gasteiger partial charge < -0.3 is 22.5 Å². The van der Waals surface area contributed by atoms with E-state index in [0.29, 0.717) is 25.9 Å². The van der Waals surface area contributed by atoms with E-state index in [1.165, 1.54) is 4.90 Å². The molecule has 2 aromatic rings. The van der Waals surface area contributed by atoms with Crippen LogP contribution in [0.2, 0.25) is 0 Å². The number of aryl methyl sites for hydroxylation is 1. The highest BCUT2D eigenvalue weighted by molar-refractivity contribution is 6.04. The Morgan fingerprint density at radius 2 is 1.70 bits per heavy atom. The summed E-state index contributed by atoms with van der Waals surface area (Å²) in [5.74, 6) is -0.0664. The number of guanidine groups is 1. The third-order valence-corrected chi connectivity index (χ3v) is 5.86. The Morgan fingerprint density at radius 1 is 0.970 bits per heavy atom. The van der Waals surface area contributed by atoms with Crippen LogP contribution in [0.5, 0.6) is 0 Å². The summed E-state index contributed by atoms with van der Waals surface area (Å²) in [4.78, 5) is 31.5. The lowest BCUT2D eigenvalue weighted by Crippen LogP contribution is -2.36. The van der Waals surface area contributed by atoms with Crippen molar-refractivity contribution in [3.8, 4) is 0 Å². The second-order valence-electron chi connectivity index (χ2n) is 8.35. The number of carbonyl (C=O) groups is 2. The smallest absolute Gasteiger partial charge is 0.325 e. The number of nitrogens with two attached hydrogens (primary N) is 3. The van der Waals surface area contributed by atoms with E-state index in [1.54, 1.807) is 0 Å². The number of carbonyl (C=O) groups excluding carboxylic acids is 2. The van der Waals surface area contributed by atoms with Crippen molar-refractivity contribution in [2.45, 2.75) is 50.6 Å². The average molecular weight is 451 g/mol. The fraction of sp³-hybridized carbons (Fsp3) is 0.400. The predicted octanol–water partition coefficient (Wildman–Crippen LogP) is 2.23. The largest absolute Gasteiger partial charge is 0.370 e. The summed E-state index contributed by atoms with van der Waals surface area (Å²) in [5, 5.41) is 2.87. The van der Waals surface area contributed by atoms with Gasteiger partial charge in [-0.2, -0.15) is 0 Å². The fourth-order valence-electron chi connectivity index (χ4n) is 4.13. The summed E-state index contributed by atoms with van der Waals surface area (Å²) in [6, 6.07) is 16.8. The third-order valence-electron chi connectivity index (χ3n) is 5.86. The lowest BCUT2D eigenvalue weighted by Gasteiger charge is -2.26. The number of urea groups is 1. The van der Waals surface area contributed by atoms with Gasteiger partial charge in [0, 0.05) is 6.54 Å². The van der Waals surface area contributed by atoms with E-state index >= 15 is 0 Å². The molecule has 33 heavy (non-hydrogen) atoms. The van der Waals surface area contributed by atoms with Gasteiger partial charge in [-0.3, -0.25) is 14.7 Å². The number of imide groups is 1. The number of hydrogen-bond donors (Lipinski definition) is 4. The molecule has 0 spiro atoms. The van der Waals surface area contributed by atoms with Crippen LogP contribution < -0.4 is 22.5 Å². The van der Waals surface area contributed by atoms with E-state index in [0.717, 1.165) is 42.4 Å². The molecule has 2 aromatic carbocycles. The summed E-state index contributed by atoms with van der Waals surface area (Å²) in [5.41, 5.74) is 19.5. The Balaban J connectivity index is 1.78. The van der Waals surface area contributed by atoms with Gasteiger partial charge in [-0.05, 0) is 61.8 Å². The molecule has 3 rings (SSSR count). The van der Waals surface area contributed by atoms with Crippen LogP contribution in [0.25, 0.3) is 0 Å². The number of benzene rings is 2. The Morgan fingerprint density at radius 3 is 2.36 bits per heavy atom. The summed E-state index contributed by atoms with van der Waals surface area (Å²) >= 11 is 0. The molecule has 8 nitrogen and oxygen atoms in total. The quantitative estimate of drug-likeness (QED) is 0.170. The summed E-state index contributed by atoms with van der Waals surface area (Å²) < 4.78 is 0. The summed E-state index contributed by atoms with van der Waals surface area (Å²) in [7, 11) is 0. The molecule has 0 bridgehead atoms. The van der Waals surface area contributed by atoms with Crippen LogP contribution in [0.4, 0.5) is 4.79 Å². The first-order valence-electron chi connectivity index (χ1n) is 11.5. The number of nitrogens with zero attached hydrogens (tertiary/aromatic N) is 2. The van der Waals surface area contributed by atoms with Crippen molar-refractivity contribution in [1.82, 2.24) is 10.2 Å². The molecule has 7 N–H and O–H groups in total. The minimum Gasteiger partial charge on any atom is -0.370 e. The minimum atomic E-state index is -0.489. The van der Waals surface area contributed by atoms with Crippen LogP contribution in [0, 0.1) is 0 Å². The molecular weight excluding hydrogens is 416 g/mol. The molecule has 2 atom stereocenters. The molecule has 0 unspecified atom stereocenters. The predicted molar refractivity (Wildman–Crippen MR) is 130 cm³/mol. The molecule has 1 heterocycles. The summed E-state index contributed by atoms with van der Waals surface area (Å²) in [6.45, 7) is 1.15. The Labute approximate surface area is 195 Å². The van der Waals surface area contributed by atoms with Gasteiger partial charge in [-0.15, -0.1) is 0 Å². The lowest BCUT2D eigenvalue weighted by molar-refractivity contribution is -0.129. The van der Waals surface area contributed by atoms with Gasteiger partial charge in [-0.25, -0.2) is 4.79 Å². The molecule has 0 aliphatic carbocycles. The van der Waals surface area contributed by atoms with E-state index in [4.69, 9.17) is 17.2 Å². The van der Waals surface area contributed by atoms with Crippen molar-refractivity contribution in [3.63, 3.8) is 0 Å². The van der Waals surface area contributed by atoms with Crippen LogP contribution in [0.1, 0.15) is 48.4 Å². The Hall–Kier alpha value is -3.39. The van der Waals surface area contributed by atoms with E-state index < -0.39 is 6.04 Å². The van der Waals surface area contributed by atoms with Crippen molar-refractivity contribution in [1.29, 1.82) is 0 Å². The first-order chi connectivity index (χ1) is 16.0. The fourth-order valence-corrected chi connectivity index (χ4v) is 4.13. The summed E-state index contributed by atoms with van der Waals surface area (Å²) in [6.07, 6.45) is 4.47. The maximum Gasteiger partial charge on any atom is 0.325 e. The van der Waals surface area contributed by atoms with Crippen LogP contribution >= 0.6 is 0 Å². The maximum atomic E-state index is 13.2. The Bertz CT molecular complexity index is 941. The van der Waals surface area contributed by atoms with Crippen molar-refractivity contribution >= 4 is 17.9 Å². The number of nitrogens with one attached hydrogen (secondary N) is 1. The van der Waals surface area contributed by atoms with Gasteiger partial charge in [0.05, 0.1) is 6.04 Å². The molecule has 0 saturated carbocycles. The first kappa shape index (κ1) is 24.3. The highest BCUT2D eigenvalue weighted by Gasteiger charge is 2.42. The minimum absolute atomic E-state index is 0.101. The molecule has 0 radical (unpaired) electrons. The van der Waals surface area contributed by atoms with Crippen LogP contribution in [-0.2, 0) is 17.6 Å². The topological polar surface area (TPSA) is 140 Å². The van der Waals surface area contributed by atoms with Gasteiger partial charge in [0.15, 0.2) is 5.96 Å². The standard InChI is InChI=1S/C25H34N6O2/c26-15-5-4-10-21-23(32)31(25(33)30-21)22(17-19-7-2-1-3-8-19)20-13-11-18(12-14-20)9-6-16-29-24(27)28/h1-3,7-8,11-14,21-22H,4-6,9-10,15-17,26H2,(H,30,33)(H4,27,28,29)/t21-,22-/m0/s1. The molecule has 176 valence electrons. The number of amides is 3. The first-order valence-corrected chi connectivity index (χ1v) is 11.5. The van der Waals surface area contributed by atoms with E-state index in [1.807, 2.05) is 54.6 Å². The van der Waals surface area contributed by atoms with Crippen molar-refractivity contribution in [2.24, 2.45) is 22.2 Å². The van der Waals surface area contributed by atoms with Crippen molar-refractivity contribution in [2.75, 3.05) is 13.1 Å². The molecule has 3 amide bonds. The molecule has 0 aromatic heterocycles. The average Bonchev–Trinajstić information content (AvgIpc) is 3.09. The highest BCUT2D eigenvalue weighted by Crippen LogP contribution is 2.30. The van der Waals surface area contributed by atoms with E-state index in [9.17, 15) is 9.59 Å². The van der Waals surface area contributed by atoms with Crippen LogP contribution in [0.3, 0.4) is 0 Å². The lowest BCUT2D eigenvalue weighted by atomic mass is 9.95. The SMILES string of the molecule is NCCCC[C@@H]1NC(=O)N([C@@H](Cc2ccccc2)c2ccc(CCCN=C(N)N)cc2)C1=O. The molecule has 1 saturated heterocycles. The maximum absolute atomic E-state index is 13.2. The number of aliphatic imine (C=N–C) groups is 1. The zero-order valence-corrected chi connectivity index (χ0v) is 19.0. The van der Waals surface area contributed by atoms with Gasteiger partial charge in [0.1, 0.15) is 6.04 Å². The zero-order valence-electron chi connectivity index (χ0n) is 19.0. The third kappa shape index (κ3) is 6.79. The zero-order chi connectivity index (χ0) is 23.6. The van der Waals surface area contributed by atoms with Gasteiger partial charge in [0.2, 0.25) is 0 Å². The second-order valence-corrected chi connectivity index (χ2v) is 8.35. The van der Waals surface area contributed by atoms with Gasteiger partial charge in [-0.1, -0.05) is 54.6 Å². The normalized spacial score (nSPS) is 16.5. The molecule has 1 aliphatic rings. The van der Waals surface area contributed by atoms with Crippen molar-refractivity contribution in [3.05, 3.63) is 71.3 Å². The molecule has 1 fully saturated rings. The number of unbranched alkanes of at least 4 members (excludes halogenated alkanes) is 1. The van der Waals surface area contributed by atoms with Gasteiger partial charge >= 0.3 is 6.03 Å². The molecule has 8 heteroatoms. The number of hydrogen-bond acceptors (Lipinski definition) is 4. The van der Waals surface area contributed by atoms with E-state index in [2.05, 4.69) is 10.3 Å². The monoisotopic (exact) mass is 450 g/mol.